The number of hydrogen-bond acceptors (Lipinski definition) is 4. The molecule has 5 nitrogen and oxygen atoms in total. The van der Waals surface area contributed by atoms with Crippen molar-refractivity contribution in [3.05, 3.63) is 18.1 Å². The van der Waals surface area contributed by atoms with Crippen LogP contribution in [-0.2, 0) is 12.5 Å². The molecule has 2 rings (SSSR count). The summed E-state index contributed by atoms with van der Waals surface area (Å²) in [4.78, 5) is 3.90. The fourth-order valence-electron chi connectivity index (χ4n) is 1.63. The molecule has 0 unspecified atom stereocenters. The lowest BCUT2D eigenvalue weighted by Gasteiger charge is -2.16. The molecule has 2 heterocycles. The largest absolute Gasteiger partial charge is 0.424 e. The van der Waals surface area contributed by atoms with Gasteiger partial charge >= 0.3 is 0 Å². The Balaban J connectivity index is 2.57. The van der Waals surface area contributed by atoms with Gasteiger partial charge < -0.3 is 10.2 Å². The zero-order valence-corrected chi connectivity index (χ0v) is 9.98. The molecule has 0 atom stereocenters. The third-order valence-corrected chi connectivity index (χ3v) is 2.33. The molecule has 0 saturated carbocycles. The van der Waals surface area contributed by atoms with Crippen LogP contribution in [0.4, 0.5) is 6.01 Å². The molecule has 2 aromatic heterocycles. The molecular weight excluding hydrogens is 204 g/mol. The molecule has 0 amide bonds. The SMILES string of the molecule is Cn1cc(-c2cnc(N)o2)c(C(C)(C)C)n1. The van der Waals surface area contributed by atoms with Crippen molar-refractivity contribution in [1.29, 1.82) is 0 Å². The van der Waals surface area contributed by atoms with Crippen LogP contribution in [0.2, 0.25) is 0 Å². The Morgan fingerprint density at radius 1 is 1.38 bits per heavy atom. The molecule has 0 radical (unpaired) electrons. The van der Waals surface area contributed by atoms with E-state index in [-0.39, 0.29) is 11.4 Å². The van der Waals surface area contributed by atoms with E-state index in [1.54, 1.807) is 10.9 Å². The fraction of sp³-hybridized carbons (Fsp3) is 0.455. The van der Waals surface area contributed by atoms with Crippen molar-refractivity contribution in [2.75, 3.05) is 5.73 Å². The average molecular weight is 220 g/mol. The van der Waals surface area contributed by atoms with Gasteiger partial charge in [-0.05, 0) is 0 Å². The van der Waals surface area contributed by atoms with Crippen molar-refractivity contribution in [2.24, 2.45) is 7.05 Å². The van der Waals surface area contributed by atoms with Gasteiger partial charge in [0.05, 0.1) is 17.5 Å². The maximum Gasteiger partial charge on any atom is 0.292 e. The van der Waals surface area contributed by atoms with E-state index in [1.165, 1.54) is 0 Å². The Bertz CT molecular complexity index is 504. The second-order valence-corrected chi connectivity index (χ2v) is 4.88. The highest BCUT2D eigenvalue weighted by molar-refractivity contribution is 5.61. The van der Waals surface area contributed by atoms with E-state index in [1.807, 2.05) is 13.2 Å². The van der Waals surface area contributed by atoms with Crippen LogP contribution in [0.1, 0.15) is 26.5 Å². The van der Waals surface area contributed by atoms with Gasteiger partial charge in [-0.15, -0.1) is 0 Å². The third-order valence-electron chi connectivity index (χ3n) is 2.33. The highest BCUT2D eigenvalue weighted by atomic mass is 16.4. The van der Waals surface area contributed by atoms with Crippen LogP contribution >= 0.6 is 0 Å². The van der Waals surface area contributed by atoms with Gasteiger partial charge in [0.2, 0.25) is 0 Å². The first kappa shape index (κ1) is 10.7. The quantitative estimate of drug-likeness (QED) is 0.797. The zero-order chi connectivity index (χ0) is 11.9. The second-order valence-electron chi connectivity index (χ2n) is 4.88. The molecule has 0 saturated heterocycles. The molecule has 2 aromatic rings. The Hall–Kier alpha value is -1.78. The van der Waals surface area contributed by atoms with E-state index in [9.17, 15) is 0 Å². The summed E-state index contributed by atoms with van der Waals surface area (Å²) in [5.74, 6) is 0.663. The molecule has 2 N–H and O–H groups in total. The summed E-state index contributed by atoms with van der Waals surface area (Å²) < 4.78 is 7.10. The molecule has 5 heteroatoms. The fourth-order valence-corrected chi connectivity index (χ4v) is 1.63. The molecule has 16 heavy (non-hydrogen) atoms. The summed E-state index contributed by atoms with van der Waals surface area (Å²) in [5.41, 5.74) is 7.35. The first-order chi connectivity index (χ1) is 7.38. The summed E-state index contributed by atoms with van der Waals surface area (Å²) >= 11 is 0. The van der Waals surface area contributed by atoms with Gasteiger partial charge in [0.25, 0.3) is 6.01 Å². The molecule has 0 bridgehead atoms. The summed E-state index contributed by atoms with van der Waals surface area (Å²) in [6.45, 7) is 6.33. The molecule has 0 fully saturated rings. The van der Waals surface area contributed by atoms with Crippen molar-refractivity contribution in [1.82, 2.24) is 14.8 Å². The predicted octanol–water partition coefficient (Wildman–Crippen LogP) is 1.95. The summed E-state index contributed by atoms with van der Waals surface area (Å²) in [6.07, 6.45) is 3.54. The lowest BCUT2D eigenvalue weighted by Crippen LogP contribution is -2.13. The van der Waals surface area contributed by atoms with Crippen LogP contribution in [0.15, 0.2) is 16.8 Å². The van der Waals surface area contributed by atoms with Crippen molar-refractivity contribution in [3.63, 3.8) is 0 Å². The van der Waals surface area contributed by atoms with E-state index < -0.39 is 0 Å². The van der Waals surface area contributed by atoms with Gasteiger partial charge in [-0.3, -0.25) is 4.68 Å². The number of nitrogens with two attached hydrogens (primary N) is 1. The van der Waals surface area contributed by atoms with E-state index in [4.69, 9.17) is 10.2 Å². The maximum absolute atomic E-state index is 5.48. The summed E-state index contributed by atoms with van der Waals surface area (Å²) in [5, 5.41) is 4.46. The van der Waals surface area contributed by atoms with Gasteiger partial charge in [0, 0.05) is 18.7 Å². The lowest BCUT2D eigenvalue weighted by atomic mass is 9.89. The minimum Gasteiger partial charge on any atom is -0.424 e. The van der Waals surface area contributed by atoms with Crippen LogP contribution < -0.4 is 5.73 Å². The van der Waals surface area contributed by atoms with Crippen molar-refractivity contribution >= 4 is 6.01 Å². The number of oxazole rings is 1. The third kappa shape index (κ3) is 1.80. The van der Waals surface area contributed by atoms with E-state index in [0.29, 0.717) is 5.76 Å². The monoisotopic (exact) mass is 220 g/mol. The number of hydrogen-bond donors (Lipinski definition) is 1. The second kappa shape index (κ2) is 3.37. The highest BCUT2D eigenvalue weighted by Crippen LogP contribution is 2.32. The molecule has 0 aliphatic carbocycles. The number of aryl methyl sites for hydroxylation is 1. The van der Waals surface area contributed by atoms with Crippen molar-refractivity contribution in [3.8, 4) is 11.3 Å². The molecule has 0 aliphatic rings. The van der Waals surface area contributed by atoms with E-state index in [2.05, 4.69) is 30.9 Å². The normalized spacial score (nSPS) is 12.0. The average Bonchev–Trinajstić information content (AvgIpc) is 2.70. The molecule has 0 aliphatic heterocycles. The van der Waals surface area contributed by atoms with Gasteiger partial charge in [-0.1, -0.05) is 20.8 Å². The van der Waals surface area contributed by atoms with Gasteiger partial charge in [0.15, 0.2) is 5.76 Å². The first-order valence-electron chi connectivity index (χ1n) is 5.14. The van der Waals surface area contributed by atoms with E-state index in [0.717, 1.165) is 11.3 Å². The number of nitrogen functional groups attached to an aromatic ring is 1. The van der Waals surface area contributed by atoms with Crippen LogP contribution in [-0.4, -0.2) is 14.8 Å². The molecule has 0 aromatic carbocycles. The Morgan fingerprint density at radius 2 is 2.06 bits per heavy atom. The first-order valence-corrected chi connectivity index (χ1v) is 5.14. The van der Waals surface area contributed by atoms with Crippen LogP contribution in [0.3, 0.4) is 0 Å². The lowest BCUT2D eigenvalue weighted by molar-refractivity contribution is 0.548. The van der Waals surface area contributed by atoms with Gasteiger partial charge in [0.1, 0.15) is 0 Å². The highest BCUT2D eigenvalue weighted by Gasteiger charge is 2.24. The topological polar surface area (TPSA) is 69.9 Å². The summed E-state index contributed by atoms with van der Waals surface area (Å²) in [6, 6.07) is 0.179. The van der Waals surface area contributed by atoms with E-state index >= 15 is 0 Å². The standard InChI is InChI=1S/C11H16N4O/c1-11(2,3)9-7(6-15(4)14-9)8-5-13-10(12)16-8/h5-6H,1-4H3,(H2,12,13). The molecule has 86 valence electrons. The number of anilines is 1. The zero-order valence-electron chi connectivity index (χ0n) is 9.98. The summed E-state index contributed by atoms with van der Waals surface area (Å²) in [7, 11) is 1.89. The number of aromatic nitrogens is 3. The number of nitrogens with zero attached hydrogens (tertiary/aromatic N) is 3. The molecule has 0 spiro atoms. The Morgan fingerprint density at radius 3 is 2.56 bits per heavy atom. The maximum atomic E-state index is 5.48. The van der Waals surface area contributed by atoms with Crippen molar-refractivity contribution in [2.45, 2.75) is 26.2 Å². The van der Waals surface area contributed by atoms with Gasteiger partial charge in [-0.25, -0.2) is 4.98 Å². The minimum atomic E-state index is -0.0435. The Kier molecular flexibility index (Phi) is 2.26. The van der Waals surface area contributed by atoms with Crippen molar-refractivity contribution < 1.29 is 4.42 Å². The molecular formula is C11H16N4O. The predicted molar refractivity (Wildman–Crippen MR) is 61.8 cm³/mol. The Labute approximate surface area is 94.3 Å². The van der Waals surface area contributed by atoms with Crippen LogP contribution in [0.5, 0.6) is 0 Å². The minimum absolute atomic E-state index is 0.0435. The van der Waals surface area contributed by atoms with Crippen LogP contribution in [0.25, 0.3) is 11.3 Å². The number of rotatable bonds is 1. The van der Waals surface area contributed by atoms with Gasteiger partial charge in [-0.2, -0.15) is 5.10 Å². The van der Waals surface area contributed by atoms with Crippen LogP contribution in [0, 0.1) is 0 Å². The smallest absolute Gasteiger partial charge is 0.292 e.